The molecule has 0 unspecified atom stereocenters. The Bertz CT molecular complexity index is 905. The molecular weight excluding hydrogens is 392 g/mol. The number of hydrogen-bond acceptors (Lipinski definition) is 6. The number of carbonyl (C=O) groups excluding carboxylic acids is 2. The number of thiazole rings is 1. The van der Waals surface area contributed by atoms with Gasteiger partial charge in [0.15, 0.2) is 6.61 Å². The van der Waals surface area contributed by atoms with Crippen LogP contribution in [0, 0.1) is 6.92 Å². The number of halogens is 1. The lowest BCUT2D eigenvalue weighted by molar-refractivity contribution is -0.124. The van der Waals surface area contributed by atoms with Gasteiger partial charge in [0.05, 0.1) is 12.2 Å². The molecule has 134 valence electrons. The van der Waals surface area contributed by atoms with Crippen LogP contribution in [-0.4, -0.2) is 23.5 Å². The largest absolute Gasteiger partial charge is 0.451 e. The molecule has 0 saturated heterocycles. The minimum absolute atomic E-state index is 0.322. The van der Waals surface area contributed by atoms with Crippen LogP contribution in [-0.2, 0) is 16.1 Å². The van der Waals surface area contributed by atoms with Crippen LogP contribution in [0.5, 0.6) is 0 Å². The summed E-state index contributed by atoms with van der Waals surface area (Å²) in [6.45, 7) is 1.84. The van der Waals surface area contributed by atoms with Crippen LogP contribution >= 0.6 is 34.3 Å². The van der Waals surface area contributed by atoms with Crippen LogP contribution in [0.2, 0.25) is 5.02 Å². The van der Waals surface area contributed by atoms with Gasteiger partial charge < -0.3 is 10.1 Å². The molecule has 1 amide bonds. The van der Waals surface area contributed by atoms with E-state index in [-0.39, 0.29) is 12.5 Å². The Balaban J connectivity index is 1.57. The van der Waals surface area contributed by atoms with Gasteiger partial charge in [0, 0.05) is 15.5 Å². The molecule has 0 fully saturated rings. The summed E-state index contributed by atoms with van der Waals surface area (Å²) < 4.78 is 5.11. The molecule has 3 rings (SSSR count). The Labute approximate surface area is 163 Å². The molecule has 0 aliphatic heterocycles. The zero-order chi connectivity index (χ0) is 18.5. The quantitative estimate of drug-likeness (QED) is 0.619. The number of thiophene rings is 1. The number of carbonyl (C=O) groups is 2. The highest BCUT2D eigenvalue weighted by molar-refractivity contribution is 7.17. The number of nitrogens with zero attached hydrogens (tertiary/aromatic N) is 1. The number of aromatic nitrogens is 1. The van der Waals surface area contributed by atoms with Gasteiger partial charge >= 0.3 is 5.97 Å². The summed E-state index contributed by atoms with van der Waals surface area (Å²) in [6.07, 6.45) is 0. The lowest BCUT2D eigenvalue weighted by Gasteiger charge is -2.05. The van der Waals surface area contributed by atoms with Gasteiger partial charge in [-0.15, -0.1) is 22.7 Å². The molecule has 1 aromatic carbocycles. The van der Waals surface area contributed by atoms with Gasteiger partial charge in [-0.1, -0.05) is 29.8 Å². The highest BCUT2D eigenvalue weighted by atomic mass is 35.5. The maximum atomic E-state index is 12.3. The van der Waals surface area contributed by atoms with E-state index in [2.05, 4.69) is 10.3 Å². The number of benzene rings is 1. The minimum Gasteiger partial charge on any atom is -0.451 e. The highest BCUT2D eigenvalue weighted by Crippen LogP contribution is 2.29. The molecule has 0 aliphatic rings. The molecule has 0 atom stereocenters. The van der Waals surface area contributed by atoms with Crippen molar-refractivity contribution < 1.29 is 14.3 Å². The molecule has 0 spiro atoms. The Kier molecular flexibility index (Phi) is 6.03. The number of hydrogen-bond donors (Lipinski definition) is 1. The maximum Gasteiger partial charge on any atom is 0.350 e. The average molecular weight is 407 g/mol. The van der Waals surface area contributed by atoms with Gasteiger partial charge in [-0.25, -0.2) is 9.78 Å². The summed E-state index contributed by atoms with van der Waals surface area (Å²) in [4.78, 5) is 29.9. The van der Waals surface area contributed by atoms with Crippen molar-refractivity contribution in [3.05, 3.63) is 62.2 Å². The lowest BCUT2D eigenvalue weighted by atomic mass is 10.2. The molecule has 2 aromatic heterocycles. The third kappa shape index (κ3) is 4.69. The summed E-state index contributed by atoms with van der Waals surface area (Å²) in [5.41, 5.74) is 1.44. The molecule has 0 saturated carbocycles. The van der Waals surface area contributed by atoms with Crippen molar-refractivity contribution in [3.63, 3.8) is 0 Å². The molecule has 2 heterocycles. The van der Waals surface area contributed by atoms with Crippen molar-refractivity contribution in [1.82, 2.24) is 10.3 Å². The molecular formula is C18H15ClN2O3S2. The first-order valence-corrected chi connectivity index (χ1v) is 9.80. The molecule has 0 aliphatic carbocycles. The first-order chi connectivity index (χ1) is 12.5. The fraction of sp³-hybridized carbons (Fsp3) is 0.167. The van der Waals surface area contributed by atoms with E-state index < -0.39 is 5.97 Å². The standard InChI is InChI=1S/C18H15ClN2O3S2/c1-11-16(26-17(21-11)12-4-6-13(19)7-5-12)18(23)24-10-15(22)20-9-14-3-2-8-25-14/h2-8H,9-10H2,1H3,(H,20,22). The van der Waals surface area contributed by atoms with Crippen LogP contribution in [0.1, 0.15) is 20.2 Å². The summed E-state index contributed by atoms with van der Waals surface area (Å²) in [5, 5.41) is 5.99. The molecule has 3 aromatic rings. The van der Waals surface area contributed by atoms with Crippen molar-refractivity contribution in [2.45, 2.75) is 13.5 Å². The molecule has 0 radical (unpaired) electrons. The Morgan fingerprint density at radius 3 is 2.69 bits per heavy atom. The third-order valence-corrected chi connectivity index (χ3v) is 5.76. The smallest absolute Gasteiger partial charge is 0.350 e. The van der Waals surface area contributed by atoms with Crippen LogP contribution < -0.4 is 5.32 Å². The van der Waals surface area contributed by atoms with E-state index in [1.165, 1.54) is 11.3 Å². The van der Waals surface area contributed by atoms with E-state index in [4.69, 9.17) is 16.3 Å². The van der Waals surface area contributed by atoms with E-state index in [0.29, 0.717) is 27.1 Å². The van der Waals surface area contributed by atoms with Crippen LogP contribution in [0.4, 0.5) is 0 Å². The zero-order valence-corrected chi connectivity index (χ0v) is 16.2. The van der Waals surface area contributed by atoms with Crippen molar-refractivity contribution in [2.24, 2.45) is 0 Å². The Hall–Kier alpha value is -2.22. The molecule has 26 heavy (non-hydrogen) atoms. The first-order valence-electron chi connectivity index (χ1n) is 7.72. The van der Waals surface area contributed by atoms with E-state index in [1.54, 1.807) is 30.4 Å². The fourth-order valence-electron chi connectivity index (χ4n) is 2.15. The lowest BCUT2D eigenvalue weighted by Crippen LogP contribution is -2.28. The number of nitrogens with one attached hydrogen (secondary N) is 1. The average Bonchev–Trinajstić information content (AvgIpc) is 3.28. The van der Waals surface area contributed by atoms with Crippen molar-refractivity contribution in [3.8, 4) is 10.6 Å². The van der Waals surface area contributed by atoms with Gasteiger partial charge in [-0.05, 0) is 30.5 Å². The van der Waals surface area contributed by atoms with Crippen LogP contribution in [0.3, 0.4) is 0 Å². The number of esters is 1. The van der Waals surface area contributed by atoms with Crippen LogP contribution in [0.15, 0.2) is 41.8 Å². The minimum atomic E-state index is -0.550. The van der Waals surface area contributed by atoms with Gasteiger partial charge in [0.25, 0.3) is 5.91 Å². The molecule has 0 bridgehead atoms. The van der Waals surface area contributed by atoms with Crippen molar-refractivity contribution in [2.75, 3.05) is 6.61 Å². The summed E-state index contributed by atoms with van der Waals surface area (Å²) >= 11 is 8.67. The Morgan fingerprint density at radius 1 is 1.23 bits per heavy atom. The highest BCUT2D eigenvalue weighted by Gasteiger charge is 2.18. The topological polar surface area (TPSA) is 68.3 Å². The second kappa shape index (κ2) is 8.44. The SMILES string of the molecule is Cc1nc(-c2ccc(Cl)cc2)sc1C(=O)OCC(=O)NCc1cccs1. The summed E-state index contributed by atoms with van der Waals surface area (Å²) in [6, 6.07) is 11.1. The van der Waals surface area contributed by atoms with Crippen molar-refractivity contribution in [1.29, 1.82) is 0 Å². The second-order valence-electron chi connectivity index (χ2n) is 5.37. The summed E-state index contributed by atoms with van der Waals surface area (Å²) in [7, 11) is 0. The number of ether oxygens (including phenoxy) is 1. The molecule has 8 heteroatoms. The van der Waals surface area contributed by atoms with E-state index in [0.717, 1.165) is 10.4 Å². The monoisotopic (exact) mass is 406 g/mol. The maximum absolute atomic E-state index is 12.3. The molecule has 1 N–H and O–H groups in total. The fourth-order valence-corrected chi connectivity index (χ4v) is 3.88. The first kappa shape index (κ1) is 18.6. The van der Waals surface area contributed by atoms with Crippen molar-refractivity contribution >= 4 is 46.2 Å². The van der Waals surface area contributed by atoms with Gasteiger partial charge in [0.1, 0.15) is 9.88 Å². The Morgan fingerprint density at radius 2 is 2.00 bits per heavy atom. The van der Waals surface area contributed by atoms with Gasteiger partial charge in [-0.2, -0.15) is 0 Å². The van der Waals surface area contributed by atoms with Gasteiger partial charge in [-0.3, -0.25) is 4.79 Å². The summed E-state index contributed by atoms with van der Waals surface area (Å²) in [5.74, 6) is -0.890. The predicted molar refractivity (Wildman–Crippen MR) is 104 cm³/mol. The predicted octanol–water partition coefficient (Wildman–Crippen LogP) is 4.31. The zero-order valence-electron chi connectivity index (χ0n) is 13.8. The number of rotatable bonds is 6. The van der Waals surface area contributed by atoms with E-state index >= 15 is 0 Å². The van der Waals surface area contributed by atoms with E-state index in [9.17, 15) is 9.59 Å². The normalized spacial score (nSPS) is 10.5. The third-order valence-electron chi connectivity index (χ3n) is 3.45. The van der Waals surface area contributed by atoms with Crippen LogP contribution in [0.25, 0.3) is 10.6 Å². The molecule has 5 nitrogen and oxygen atoms in total. The number of amides is 1. The number of aryl methyl sites for hydroxylation is 1. The van der Waals surface area contributed by atoms with E-state index in [1.807, 2.05) is 29.6 Å². The van der Waals surface area contributed by atoms with Gasteiger partial charge in [0.2, 0.25) is 0 Å². The second-order valence-corrected chi connectivity index (χ2v) is 7.84.